The number of hydrogen-bond donors (Lipinski definition) is 2. The van der Waals surface area contributed by atoms with E-state index in [0.29, 0.717) is 28.7 Å². The molecule has 2 aliphatic heterocycles. The number of benzene rings is 2. The van der Waals surface area contributed by atoms with Gasteiger partial charge in [-0.1, -0.05) is 29.8 Å². The largest absolute Gasteiger partial charge is 0.507 e. The number of nitrogens with zero attached hydrogens (tertiary/aromatic N) is 1. The lowest BCUT2D eigenvalue weighted by Crippen LogP contribution is -2.58. The Morgan fingerprint density at radius 3 is 2.62 bits per heavy atom. The predicted molar refractivity (Wildman–Crippen MR) is 135 cm³/mol. The Bertz CT molecular complexity index is 1190. The van der Waals surface area contributed by atoms with Gasteiger partial charge >= 0.3 is 0 Å². The van der Waals surface area contributed by atoms with E-state index >= 15 is 0 Å². The number of ether oxygens (including phenoxy) is 1. The van der Waals surface area contributed by atoms with E-state index in [9.17, 15) is 14.7 Å². The average molecular weight is 515 g/mol. The molecule has 9 heteroatoms. The number of rotatable bonds is 5. The maximum absolute atomic E-state index is 13.4. The van der Waals surface area contributed by atoms with Crippen LogP contribution < -0.4 is 10.2 Å². The van der Waals surface area contributed by atoms with Gasteiger partial charge in [-0.25, -0.2) is 0 Å². The molecule has 2 unspecified atom stereocenters. The van der Waals surface area contributed by atoms with Gasteiger partial charge in [-0.15, -0.1) is 11.8 Å². The maximum Gasteiger partial charge on any atom is 0.242 e. The first-order chi connectivity index (χ1) is 16.5. The van der Waals surface area contributed by atoms with Gasteiger partial charge in [0.15, 0.2) is 5.78 Å². The minimum Gasteiger partial charge on any atom is -0.507 e. The van der Waals surface area contributed by atoms with Crippen LogP contribution in [-0.2, 0) is 19.9 Å². The van der Waals surface area contributed by atoms with E-state index in [-0.39, 0.29) is 18.0 Å². The van der Waals surface area contributed by atoms with E-state index in [4.69, 9.17) is 16.3 Å². The zero-order valence-corrected chi connectivity index (χ0v) is 20.6. The first kappa shape index (κ1) is 23.2. The highest BCUT2D eigenvalue weighted by Crippen LogP contribution is 2.45. The van der Waals surface area contributed by atoms with Crippen molar-refractivity contribution in [3.05, 3.63) is 75.4 Å². The summed E-state index contributed by atoms with van der Waals surface area (Å²) >= 11 is 8.90. The third kappa shape index (κ3) is 4.31. The number of Topliss-reactive ketones (excluding diaryl/α,β-unsaturated/α-hetero) is 1. The van der Waals surface area contributed by atoms with Crippen LogP contribution in [0.1, 0.15) is 17.5 Å². The summed E-state index contributed by atoms with van der Waals surface area (Å²) in [7, 11) is 0. The Morgan fingerprint density at radius 1 is 1.15 bits per heavy atom. The number of nitrogens with one attached hydrogen (secondary N) is 1. The number of halogens is 1. The lowest BCUT2D eigenvalue weighted by atomic mass is 9.76. The van der Waals surface area contributed by atoms with E-state index in [1.165, 1.54) is 11.3 Å². The topological polar surface area (TPSA) is 78.9 Å². The van der Waals surface area contributed by atoms with E-state index in [2.05, 4.69) is 10.2 Å². The van der Waals surface area contributed by atoms with Crippen LogP contribution in [0.3, 0.4) is 0 Å². The molecule has 2 saturated heterocycles. The number of carbonyl (C=O) groups excluding carboxylic acids is 2. The first-order valence-electron chi connectivity index (χ1n) is 10.9. The number of carbonyl (C=O) groups is 2. The number of anilines is 1. The molecule has 34 heavy (non-hydrogen) atoms. The summed E-state index contributed by atoms with van der Waals surface area (Å²) in [6.07, 6.45) is 0.0298. The number of phenolic OH excluding ortho intramolecular Hbond substituents is 1. The third-order valence-electron chi connectivity index (χ3n) is 6.22. The Labute approximate surface area is 210 Å². The lowest BCUT2D eigenvalue weighted by molar-refractivity contribution is -0.132. The van der Waals surface area contributed by atoms with Crippen molar-refractivity contribution in [2.24, 2.45) is 0 Å². The molecule has 3 heterocycles. The summed E-state index contributed by atoms with van der Waals surface area (Å²) in [5.74, 6) is -0.568. The summed E-state index contributed by atoms with van der Waals surface area (Å²) < 4.78 is 5.42. The number of piperidine rings is 1. The minimum absolute atomic E-state index is 0.0298. The van der Waals surface area contributed by atoms with Gasteiger partial charge in [-0.05, 0) is 40.6 Å². The number of morpholine rings is 1. The molecule has 2 aliphatic rings. The van der Waals surface area contributed by atoms with Crippen molar-refractivity contribution in [2.45, 2.75) is 22.1 Å². The molecule has 2 aromatic carbocycles. The molecule has 1 aromatic heterocycles. The Hall–Kier alpha value is -2.52. The molecule has 0 spiro atoms. The van der Waals surface area contributed by atoms with E-state index in [1.54, 1.807) is 24.3 Å². The molecular formula is C25H23ClN2O4S2. The van der Waals surface area contributed by atoms with Crippen molar-refractivity contribution < 1.29 is 19.4 Å². The Morgan fingerprint density at radius 2 is 1.94 bits per heavy atom. The molecule has 0 aliphatic carbocycles. The first-order valence-corrected chi connectivity index (χ1v) is 13.1. The standard InChI is InChI=1S/C25H23ClN2O4S2/c26-19-3-1-2-4-22(19)34-23-21(30)14-25(27-24(23)31,16-7-12-33-15-16)18-6-5-17(13-20(18)29)28-8-10-32-11-9-28/h1-7,12-13,15,23,29H,8-11,14H2,(H,27,31). The summed E-state index contributed by atoms with van der Waals surface area (Å²) in [6, 6.07) is 14.5. The molecule has 6 nitrogen and oxygen atoms in total. The maximum atomic E-state index is 13.4. The lowest BCUT2D eigenvalue weighted by Gasteiger charge is -2.40. The highest BCUT2D eigenvalue weighted by atomic mass is 35.5. The van der Waals surface area contributed by atoms with E-state index in [0.717, 1.165) is 36.1 Å². The highest BCUT2D eigenvalue weighted by Gasteiger charge is 2.48. The molecule has 2 fully saturated rings. The quantitative estimate of drug-likeness (QED) is 0.490. The average Bonchev–Trinajstić information content (AvgIpc) is 3.39. The van der Waals surface area contributed by atoms with Gasteiger partial charge in [-0.3, -0.25) is 9.59 Å². The van der Waals surface area contributed by atoms with Crippen LogP contribution in [0.15, 0.2) is 64.2 Å². The second-order valence-corrected chi connectivity index (χ2v) is 10.6. The van der Waals surface area contributed by atoms with Crippen LogP contribution in [-0.4, -0.2) is 48.4 Å². The summed E-state index contributed by atoms with van der Waals surface area (Å²) in [6.45, 7) is 2.75. The van der Waals surface area contributed by atoms with Gasteiger partial charge in [0.2, 0.25) is 5.91 Å². The van der Waals surface area contributed by atoms with Crippen LogP contribution in [0.4, 0.5) is 5.69 Å². The molecular weight excluding hydrogens is 492 g/mol. The molecule has 3 aromatic rings. The molecule has 1 amide bonds. The van der Waals surface area contributed by atoms with Gasteiger partial charge in [0.05, 0.1) is 18.2 Å². The number of amides is 1. The van der Waals surface area contributed by atoms with Crippen LogP contribution in [0.25, 0.3) is 0 Å². The van der Waals surface area contributed by atoms with Crippen LogP contribution >= 0.6 is 34.7 Å². The molecule has 176 valence electrons. The van der Waals surface area contributed by atoms with Crippen molar-refractivity contribution in [3.8, 4) is 5.75 Å². The minimum atomic E-state index is -1.14. The van der Waals surface area contributed by atoms with Crippen LogP contribution in [0.5, 0.6) is 5.75 Å². The van der Waals surface area contributed by atoms with Crippen LogP contribution in [0, 0.1) is 0 Å². The number of thioether (sulfide) groups is 1. The molecule has 0 bridgehead atoms. The van der Waals surface area contributed by atoms with Crippen molar-refractivity contribution >= 4 is 52.1 Å². The zero-order chi connectivity index (χ0) is 23.7. The van der Waals surface area contributed by atoms with Gasteiger partial charge in [0.1, 0.15) is 16.5 Å². The van der Waals surface area contributed by atoms with Gasteiger partial charge in [-0.2, -0.15) is 11.3 Å². The fraction of sp³-hybridized carbons (Fsp3) is 0.280. The fourth-order valence-electron chi connectivity index (χ4n) is 4.51. The Kier molecular flexibility index (Phi) is 6.57. The Balaban J connectivity index is 1.49. The van der Waals surface area contributed by atoms with E-state index < -0.39 is 16.7 Å². The van der Waals surface area contributed by atoms with Crippen molar-refractivity contribution in [3.63, 3.8) is 0 Å². The van der Waals surface area contributed by atoms with Gasteiger partial charge in [0, 0.05) is 41.7 Å². The molecule has 0 saturated carbocycles. The van der Waals surface area contributed by atoms with Gasteiger partial charge < -0.3 is 20.1 Å². The summed E-state index contributed by atoms with van der Waals surface area (Å²) in [5.41, 5.74) is 1.02. The molecule has 2 N–H and O–H groups in total. The van der Waals surface area contributed by atoms with Crippen LogP contribution in [0.2, 0.25) is 5.02 Å². The fourth-order valence-corrected chi connectivity index (χ4v) is 6.48. The van der Waals surface area contributed by atoms with Crippen molar-refractivity contribution in [1.82, 2.24) is 5.32 Å². The SMILES string of the molecule is O=C1CC(c2ccsc2)(c2ccc(N3CCOCC3)cc2O)NC(=O)C1Sc1ccccc1Cl. The monoisotopic (exact) mass is 514 g/mol. The second kappa shape index (κ2) is 9.62. The second-order valence-electron chi connectivity index (χ2n) is 8.28. The van der Waals surface area contributed by atoms with E-state index in [1.807, 2.05) is 35.0 Å². The number of hydrogen-bond acceptors (Lipinski definition) is 7. The third-order valence-corrected chi connectivity index (χ3v) is 8.67. The number of phenols is 1. The zero-order valence-electron chi connectivity index (χ0n) is 18.2. The number of ketones is 1. The number of thiophene rings is 1. The predicted octanol–water partition coefficient (Wildman–Crippen LogP) is 4.44. The molecule has 5 rings (SSSR count). The number of aromatic hydroxyl groups is 1. The summed E-state index contributed by atoms with van der Waals surface area (Å²) in [5, 5.41) is 17.6. The summed E-state index contributed by atoms with van der Waals surface area (Å²) in [4.78, 5) is 29.6. The smallest absolute Gasteiger partial charge is 0.242 e. The highest BCUT2D eigenvalue weighted by molar-refractivity contribution is 8.01. The molecule has 2 atom stereocenters. The van der Waals surface area contributed by atoms with Crippen molar-refractivity contribution in [2.75, 3.05) is 31.2 Å². The van der Waals surface area contributed by atoms with Gasteiger partial charge in [0.25, 0.3) is 0 Å². The molecule has 0 radical (unpaired) electrons. The normalized spacial score (nSPS) is 23.1. The van der Waals surface area contributed by atoms with Crippen molar-refractivity contribution in [1.29, 1.82) is 0 Å².